The highest BCUT2D eigenvalue weighted by Gasteiger charge is 2.31. The summed E-state index contributed by atoms with van der Waals surface area (Å²) in [5.74, 6) is 0.872. The number of hydrogen-bond acceptors (Lipinski definition) is 5. The number of nitrogens with zero attached hydrogens (tertiary/aromatic N) is 4. The highest BCUT2D eigenvalue weighted by Crippen LogP contribution is 2.29. The van der Waals surface area contributed by atoms with Crippen LogP contribution in [0.1, 0.15) is 12.8 Å². The van der Waals surface area contributed by atoms with Gasteiger partial charge in [-0.1, -0.05) is 11.6 Å². The molecule has 1 aromatic rings. The summed E-state index contributed by atoms with van der Waals surface area (Å²) in [5, 5.41) is 0.555. The van der Waals surface area contributed by atoms with Gasteiger partial charge in [0.1, 0.15) is 0 Å². The van der Waals surface area contributed by atoms with Gasteiger partial charge in [0, 0.05) is 32.2 Å². The summed E-state index contributed by atoms with van der Waals surface area (Å²) < 4.78 is 8.23. The minimum Gasteiger partial charge on any atom is -0.351 e. The third kappa shape index (κ3) is 1.96. The van der Waals surface area contributed by atoms with Crippen LogP contribution in [-0.4, -0.2) is 45.9 Å². The quantitative estimate of drug-likeness (QED) is 0.789. The van der Waals surface area contributed by atoms with Crippen molar-refractivity contribution < 1.29 is 0 Å². The number of aromatic nitrogens is 2. The topological polar surface area (TPSA) is 32.3 Å². The normalized spacial score (nSPS) is 23.4. The van der Waals surface area contributed by atoms with Crippen molar-refractivity contribution in [3.8, 4) is 0 Å². The molecule has 82 valence electrons. The number of hydrogen-bond donors (Lipinski definition) is 0. The third-order valence-corrected chi connectivity index (χ3v) is 3.98. The van der Waals surface area contributed by atoms with Crippen LogP contribution in [0.3, 0.4) is 0 Å². The number of anilines is 1. The van der Waals surface area contributed by atoms with Gasteiger partial charge in [-0.2, -0.15) is 8.75 Å². The zero-order valence-corrected chi connectivity index (χ0v) is 9.97. The monoisotopic (exact) mass is 244 g/mol. The zero-order chi connectivity index (χ0) is 10.3. The molecule has 15 heavy (non-hydrogen) atoms. The first-order valence-electron chi connectivity index (χ1n) is 5.31. The molecule has 6 heteroatoms. The highest BCUT2D eigenvalue weighted by atomic mass is 35.5. The summed E-state index contributed by atoms with van der Waals surface area (Å²) in [6.07, 6.45) is 2.78. The van der Waals surface area contributed by atoms with Gasteiger partial charge in [0.2, 0.25) is 0 Å². The smallest absolute Gasteiger partial charge is 0.187 e. The molecule has 0 aromatic carbocycles. The molecule has 0 N–H and O–H groups in total. The summed E-state index contributed by atoms with van der Waals surface area (Å²) in [7, 11) is 0. The van der Waals surface area contributed by atoms with E-state index in [-0.39, 0.29) is 0 Å². The van der Waals surface area contributed by atoms with Crippen LogP contribution in [0.25, 0.3) is 0 Å². The Morgan fingerprint density at radius 3 is 2.40 bits per heavy atom. The van der Waals surface area contributed by atoms with Crippen molar-refractivity contribution in [3.63, 3.8) is 0 Å². The van der Waals surface area contributed by atoms with Crippen molar-refractivity contribution in [1.29, 1.82) is 0 Å². The summed E-state index contributed by atoms with van der Waals surface area (Å²) >= 11 is 7.16. The number of halogens is 1. The van der Waals surface area contributed by atoms with Crippen molar-refractivity contribution in [3.05, 3.63) is 5.15 Å². The molecular formula is C9H13ClN4S. The van der Waals surface area contributed by atoms with Crippen molar-refractivity contribution >= 4 is 29.1 Å². The molecule has 1 aromatic heterocycles. The molecular weight excluding hydrogens is 232 g/mol. The fraction of sp³-hybridized carbons (Fsp3) is 0.778. The molecule has 1 aliphatic heterocycles. The summed E-state index contributed by atoms with van der Waals surface area (Å²) in [5.41, 5.74) is 0. The van der Waals surface area contributed by atoms with Crippen molar-refractivity contribution in [2.24, 2.45) is 0 Å². The molecule has 2 fully saturated rings. The molecule has 3 rings (SSSR count). The minimum absolute atomic E-state index is 0.555. The Labute approximate surface area is 98.2 Å². The van der Waals surface area contributed by atoms with Crippen LogP contribution >= 0.6 is 23.3 Å². The van der Waals surface area contributed by atoms with Crippen molar-refractivity contribution in [2.45, 2.75) is 18.9 Å². The second-order valence-electron chi connectivity index (χ2n) is 4.13. The van der Waals surface area contributed by atoms with Crippen LogP contribution in [-0.2, 0) is 0 Å². The zero-order valence-electron chi connectivity index (χ0n) is 8.40. The second-order valence-corrected chi connectivity index (χ2v) is 5.02. The molecule has 4 nitrogen and oxygen atoms in total. The van der Waals surface area contributed by atoms with Gasteiger partial charge in [0.05, 0.1) is 11.7 Å². The van der Waals surface area contributed by atoms with E-state index in [9.17, 15) is 0 Å². The Balaban J connectivity index is 1.63. The van der Waals surface area contributed by atoms with Crippen LogP contribution < -0.4 is 4.90 Å². The van der Waals surface area contributed by atoms with E-state index in [2.05, 4.69) is 18.5 Å². The first kappa shape index (κ1) is 9.81. The molecule has 0 bridgehead atoms. The molecule has 1 saturated heterocycles. The summed E-state index contributed by atoms with van der Waals surface area (Å²) in [4.78, 5) is 4.81. The lowest BCUT2D eigenvalue weighted by molar-refractivity contribution is 0.247. The Morgan fingerprint density at radius 1 is 1.13 bits per heavy atom. The van der Waals surface area contributed by atoms with E-state index in [1.54, 1.807) is 0 Å². The Kier molecular flexibility index (Phi) is 2.54. The number of piperazine rings is 1. The predicted molar refractivity (Wildman–Crippen MR) is 61.7 cm³/mol. The fourth-order valence-electron chi connectivity index (χ4n) is 2.10. The van der Waals surface area contributed by atoms with Gasteiger partial charge >= 0.3 is 0 Å². The molecule has 0 unspecified atom stereocenters. The largest absolute Gasteiger partial charge is 0.351 e. The molecule has 1 saturated carbocycles. The van der Waals surface area contributed by atoms with Gasteiger partial charge in [0.25, 0.3) is 0 Å². The maximum Gasteiger partial charge on any atom is 0.187 e. The summed E-state index contributed by atoms with van der Waals surface area (Å²) in [6.45, 7) is 4.33. The van der Waals surface area contributed by atoms with Crippen molar-refractivity contribution in [2.75, 3.05) is 31.1 Å². The third-order valence-electron chi connectivity index (χ3n) is 3.11. The van der Waals surface area contributed by atoms with Crippen LogP contribution in [0.2, 0.25) is 5.15 Å². The lowest BCUT2D eigenvalue weighted by atomic mass is 10.3. The predicted octanol–water partition coefficient (Wildman–Crippen LogP) is 1.48. The van der Waals surface area contributed by atoms with Gasteiger partial charge in [-0.25, -0.2) is 0 Å². The highest BCUT2D eigenvalue weighted by molar-refractivity contribution is 6.99. The van der Waals surface area contributed by atoms with E-state index >= 15 is 0 Å². The van der Waals surface area contributed by atoms with Gasteiger partial charge in [-0.3, -0.25) is 4.90 Å². The Morgan fingerprint density at radius 2 is 1.87 bits per heavy atom. The first-order chi connectivity index (χ1) is 7.34. The van der Waals surface area contributed by atoms with Gasteiger partial charge in [0.15, 0.2) is 11.0 Å². The van der Waals surface area contributed by atoms with E-state index in [1.807, 2.05) is 0 Å². The molecule has 0 amide bonds. The van der Waals surface area contributed by atoms with E-state index < -0.39 is 0 Å². The average molecular weight is 245 g/mol. The van der Waals surface area contributed by atoms with Gasteiger partial charge < -0.3 is 4.90 Å². The van der Waals surface area contributed by atoms with E-state index in [0.717, 1.165) is 38.0 Å². The molecule has 0 radical (unpaired) electrons. The maximum absolute atomic E-state index is 5.97. The maximum atomic E-state index is 5.97. The van der Waals surface area contributed by atoms with E-state index in [4.69, 9.17) is 11.6 Å². The Bertz CT molecular complexity index is 344. The summed E-state index contributed by atoms with van der Waals surface area (Å²) in [6, 6.07) is 0.871. The lowest BCUT2D eigenvalue weighted by Crippen LogP contribution is -2.47. The first-order valence-corrected chi connectivity index (χ1v) is 6.42. The van der Waals surface area contributed by atoms with E-state index in [0.29, 0.717) is 5.15 Å². The molecule has 0 spiro atoms. The standard InChI is InChI=1S/C9H13ClN4S/c10-8-9(12-15-11-8)14-5-3-13(4-6-14)7-1-2-7/h7H,1-6H2. The van der Waals surface area contributed by atoms with Crippen molar-refractivity contribution in [1.82, 2.24) is 13.6 Å². The van der Waals surface area contributed by atoms with Crippen LogP contribution in [0, 0.1) is 0 Å². The molecule has 2 aliphatic rings. The van der Waals surface area contributed by atoms with Gasteiger partial charge in [-0.05, 0) is 12.8 Å². The molecule has 0 atom stereocenters. The molecule has 1 aliphatic carbocycles. The van der Waals surface area contributed by atoms with Crippen LogP contribution in [0.5, 0.6) is 0 Å². The SMILES string of the molecule is Clc1nsnc1N1CCN(C2CC2)CC1. The van der Waals surface area contributed by atoms with Crippen LogP contribution in [0.4, 0.5) is 5.82 Å². The van der Waals surface area contributed by atoms with Gasteiger partial charge in [-0.15, -0.1) is 0 Å². The lowest BCUT2D eigenvalue weighted by Gasteiger charge is -2.34. The molecule has 2 heterocycles. The average Bonchev–Trinajstić information content (AvgIpc) is 3.02. The fourth-order valence-corrected chi connectivity index (χ4v) is 2.88. The Hall–Kier alpha value is -0.390. The minimum atomic E-state index is 0.555. The number of rotatable bonds is 2. The second kappa shape index (κ2) is 3.88. The van der Waals surface area contributed by atoms with Crippen LogP contribution in [0.15, 0.2) is 0 Å². The van der Waals surface area contributed by atoms with E-state index in [1.165, 1.54) is 24.6 Å².